The number of amides is 1. The quantitative estimate of drug-likeness (QED) is 0.274. The summed E-state index contributed by atoms with van der Waals surface area (Å²) in [5.74, 6) is -2.50. The number of nitrogens with one attached hydrogen (secondary N) is 2. The molecule has 3 aromatic carbocycles. The van der Waals surface area contributed by atoms with Gasteiger partial charge in [0.1, 0.15) is 11.1 Å². The van der Waals surface area contributed by atoms with Crippen LogP contribution in [0.5, 0.6) is 11.5 Å². The molecule has 1 aromatic heterocycles. The summed E-state index contributed by atoms with van der Waals surface area (Å²) < 4.78 is 25.3. The molecule has 11 heteroatoms. The van der Waals surface area contributed by atoms with E-state index in [2.05, 4.69) is 15.3 Å². The molecule has 0 spiro atoms. The van der Waals surface area contributed by atoms with Crippen molar-refractivity contribution in [3.8, 4) is 11.5 Å². The fourth-order valence-electron chi connectivity index (χ4n) is 3.55. The molecule has 0 saturated carbocycles. The second-order valence-electron chi connectivity index (χ2n) is 7.80. The first-order valence-corrected chi connectivity index (χ1v) is 10.9. The maximum absolute atomic E-state index is 14.5. The molecular weight excluding hydrogens is 492 g/mol. The summed E-state index contributed by atoms with van der Waals surface area (Å²) in [4.78, 5) is 42.8. The number of aromatic nitrogens is 2. The number of hydrogen-bond donors (Lipinski definition) is 2. The van der Waals surface area contributed by atoms with E-state index in [0.29, 0.717) is 12.2 Å². The summed E-state index contributed by atoms with van der Waals surface area (Å²) in [6.07, 6.45) is 0.333. The number of carboxylic acids is 1. The molecule has 0 saturated heterocycles. The number of benzene rings is 3. The molecule has 4 rings (SSSR count). The number of H-pyrrole nitrogens is 1. The van der Waals surface area contributed by atoms with Crippen molar-refractivity contribution in [2.24, 2.45) is 0 Å². The van der Waals surface area contributed by atoms with Crippen LogP contribution in [0.2, 0.25) is 0 Å². The maximum Gasteiger partial charge on any atom is 1.00 e. The van der Waals surface area contributed by atoms with Crippen molar-refractivity contribution in [1.82, 2.24) is 15.3 Å². The van der Waals surface area contributed by atoms with Crippen LogP contribution in [-0.4, -0.2) is 35.6 Å². The molecule has 1 amide bonds. The Morgan fingerprint density at radius 1 is 1.08 bits per heavy atom. The van der Waals surface area contributed by atoms with Gasteiger partial charge in [-0.3, -0.25) is 9.59 Å². The maximum atomic E-state index is 14.5. The van der Waals surface area contributed by atoms with E-state index < -0.39 is 23.3 Å². The number of fused-ring (bicyclic) bond motifs is 1. The summed E-state index contributed by atoms with van der Waals surface area (Å²) in [7, 11) is 1.54. The van der Waals surface area contributed by atoms with Gasteiger partial charge in [-0.2, -0.15) is 0 Å². The SMILES string of the molecule is COc1cccc(CNC(=O)c2nc3ccc(F)c(OCCc4ccc(C(=O)[O-])cc4)c3c(=O)[nH]2)c1.[Na+]. The zero-order chi connectivity index (χ0) is 25.7. The van der Waals surface area contributed by atoms with Crippen LogP contribution in [0.4, 0.5) is 4.39 Å². The minimum atomic E-state index is -1.28. The normalized spacial score (nSPS) is 10.4. The van der Waals surface area contributed by atoms with E-state index in [4.69, 9.17) is 9.47 Å². The van der Waals surface area contributed by atoms with E-state index in [1.54, 1.807) is 37.4 Å². The van der Waals surface area contributed by atoms with Gasteiger partial charge >= 0.3 is 29.6 Å². The van der Waals surface area contributed by atoms with Gasteiger partial charge in [0, 0.05) is 13.0 Å². The zero-order valence-electron chi connectivity index (χ0n) is 20.2. The van der Waals surface area contributed by atoms with Crippen molar-refractivity contribution in [1.29, 1.82) is 0 Å². The zero-order valence-corrected chi connectivity index (χ0v) is 22.2. The number of methoxy groups -OCH3 is 1. The molecule has 0 radical (unpaired) electrons. The van der Waals surface area contributed by atoms with Crippen LogP contribution >= 0.6 is 0 Å². The van der Waals surface area contributed by atoms with Crippen molar-refractivity contribution in [2.45, 2.75) is 13.0 Å². The number of nitrogens with zero attached hydrogens (tertiary/aromatic N) is 1. The molecule has 2 N–H and O–H groups in total. The minimum absolute atomic E-state index is 0. The first kappa shape index (κ1) is 27.9. The standard InChI is InChI=1S/C26H22FN3O6.Na/c1-35-18-4-2-3-16(13-18)14-28-25(32)23-29-20-10-9-19(27)22(21(20)24(31)30-23)36-12-11-15-5-7-17(8-6-15)26(33)34;/h2-10,13H,11-12,14H2,1H3,(H,28,32)(H,33,34)(H,29,30,31);/q;+1/p-1. The fraction of sp³-hybridized carbons (Fsp3) is 0.154. The third kappa shape index (κ3) is 6.73. The van der Waals surface area contributed by atoms with Crippen molar-refractivity contribution >= 4 is 22.8 Å². The van der Waals surface area contributed by atoms with Gasteiger partial charge in [0.2, 0.25) is 0 Å². The third-order valence-electron chi connectivity index (χ3n) is 5.41. The van der Waals surface area contributed by atoms with Gasteiger partial charge in [0.25, 0.3) is 11.5 Å². The van der Waals surface area contributed by atoms with Gasteiger partial charge in [-0.15, -0.1) is 0 Å². The van der Waals surface area contributed by atoms with Gasteiger partial charge in [0.15, 0.2) is 17.4 Å². The number of aromatic carboxylic acids is 1. The molecule has 0 aliphatic rings. The Morgan fingerprint density at radius 3 is 2.54 bits per heavy atom. The van der Waals surface area contributed by atoms with Crippen LogP contribution < -0.4 is 55.0 Å². The Bertz CT molecular complexity index is 1490. The molecule has 0 bridgehead atoms. The van der Waals surface area contributed by atoms with E-state index in [1.165, 1.54) is 18.2 Å². The van der Waals surface area contributed by atoms with E-state index in [-0.39, 0.29) is 70.7 Å². The topological polar surface area (TPSA) is 133 Å². The number of carbonyl (C=O) groups is 2. The van der Waals surface area contributed by atoms with Gasteiger partial charge in [-0.25, -0.2) is 9.37 Å². The molecule has 0 unspecified atom stereocenters. The van der Waals surface area contributed by atoms with E-state index in [9.17, 15) is 23.9 Å². The summed E-state index contributed by atoms with van der Waals surface area (Å²) >= 11 is 0. The van der Waals surface area contributed by atoms with Crippen LogP contribution in [0.3, 0.4) is 0 Å². The molecule has 0 atom stereocenters. The summed E-state index contributed by atoms with van der Waals surface area (Å²) in [5.41, 5.74) is 0.959. The van der Waals surface area contributed by atoms with E-state index in [0.717, 1.165) is 17.2 Å². The van der Waals surface area contributed by atoms with Crippen molar-refractivity contribution in [2.75, 3.05) is 13.7 Å². The summed E-state index contributed by atoms with van der Waals surface area (Å²) in [6, 6.07) is 15.5. The first-order chi connectivity index (χ1) is 17.4. The van der Waals surface area contributed by atoms with Gasteiger partial charge in [0.05, 0.1) is 25.2 Å². The predicted octanol–water partition coefficient (Wildman–Crippen LogP) is -1.01. The Balaban J connectivity index is 0.00000380. The molecule has 37 heavy (non-hydrogen) atoms. The number of halogens is 1. The molecule has 184 valence electrons. The molecule has 0 fully saturated rings. The van der Waals surface area contributed by atoms with Crippen LogP contribution in [0.1, 0.15) is 32.1 Å². The fourth-order valence-corrected chi connectivity index (χ4v) is 3.55. The van der Waals surface area contributed by atoms with Gasteiger partial charge < -0.3 is 29.7 Å². The molecule has 4 aromatic rings. The van der Waals surface area contributed by atoms with Crippen LogP contribution in [0.15, 0.2) is 65.5 Å². The number of ether oxygens (including phenoxy) is 2. The minimum Gasteiger partial charge on any atom is -0.545 e. The Kier molecular flexibility index (Phi) is 9.40. The van der Waals surface area contributed by atoms with Crippen LogP contribution in [0.25, 0.3) is 10.9 Å². The van der Waals surface area contributed by atoms with Crippen molar-refractivity contribution in [3.63, 3.8) is 0 Å². The average Bonchev–Trinajstić information content (AvgIpc) is 2.88. The largest absolute Gasteiger partial charge is 1.00 e. The van der Waals surface area contributed by atoms with E-state index >= 15 is 0 Å². The van der Waals surface area contributed by atoms with Gasteiger partial charge in [-0.1, -0.05) is 36.4 Å². The third-order valence-corrected chi connectivity index (χ3v) is 5.41. The van der Waals surface area contributed by atoms with Gasteiger partial charge in [-0.05, 0) is 41.0 Å². The molecule has 1 heterocycles. The smallest absolute Gasteiger partial charge is 0.545 e. The molecule has 0 aliphatic carbocycles. The second kappa shape index (κ2) is 12.5. The Morgan fingerprint density at radius 2 is 1.84 bits per heavy atom. The van der Waals surface area contributed by atoms with Crippen molar-refractivity contribution in [3.05, 3.63) is 99.3 Å². The molecule has 9 nitrogen and oxygen atoms in total. The van der Waals surface area contributed by atoms with Crippen molar-refractivity contribution < 1.29 is 58.1 Å². The second-order valence-corrected chi connectivity index (χ2v) is 7.80. The average molecular weight is 513 g/mol. The van der Waals surface area contributed by atoms with E-state index in [1.807, 2.05) is 6.07 Å². The number of carbonyl (C=O) groups excluding carboxylic acids is 2. The van der Waals surface area contributed by atoms with Crippen LogP contribution in [0, 0.1) is 5.82 Å². The molecular formula is C26H21FN3NaO6. The first-order valence-electron chi connectivity index (χ1n) is 10.9. The monoisotopic (exact) mass is 513 g/mol. The summed E-state index contributed by atoms with van der Waals surface area (Å²) in [6.45, 7) is 0.197. The Labute approximate surface area is 232 Å². The molecule has 0 aliphatic heterocycles. The van der Waals surface area contributed by atoms with Crippen LogP contribution in [-0.2, 0) is 13.0 Å². The number of hydrogen-bond acceptors (Lipinski definition) is 7. The Hall–Kier alpha value is -3.73. The number of aromatic amines is 1. The number of carboxylic acid groups (broad SMARTS) is 1. The number of rotatable bonds is 9. The summed E-state index contributed by atoms with van der Waals surface area (Å²) in [5, 5.41) is 13.4. The predicted molar refractivity (Wildman–Crippen MR) is 126 cm³/mol.